The number of ether oxygens (including phenoxy) is 1. The number of carbonyl (C=O) groups excluding carboxylic acids is 1. The zero-order valence-electron chi connectivity index (χ0n) is 18.0. The van der Waals surface area contributed by atoms with Gasteiger partial charge in [0.2, 0.25) is 11.7 Å². The maximum Gasteiger partial charge on any atom is 0.416 e. The molecule has 0 bridgehead atoms. The smallest absolute Gasteiger partial charge is 0.416 e. The molecule has 9 heteroatoms. The highest BCUT2D eigenvalue weighted by molar-refractivity contribution is 5.94. The molecule has 6 nitrogen and oxygen atoms in total. The summed E-state index contributed by atoms with van der Waals surface area (Å²) in [6, 6.07) is 11.3. The SMILES string of the molecule is CC[C@H](C)N(CCc1nc(-c2ccc(OC)cc2)no1)C(=O)c1ccc(C(F)(F)F)cc1. The van der Waals surface area contributed by atoms with Crippen molar-refractivity contribution in [3.8, 4) is 17.1 Å². The van der Waals surface area contributed by atoms with E-state index in [0.29, 0.717) is 36.9 Å². The van der Waals surface area contributed by atoms with E-state index in [0.717, 1.165) is 17.7 Å². The number of benzene rings is 2. The molecule has 1 amide bonds. The van der Waals surface area contributed by atoms with Crippen LogP contribution in [0.25, 0.3) is 11.4 Å². The summed E-state index contributed by atoms with van der Waals surface area (Å²) in [5.41, 5.74) is 0.171. The van der Waals surface area contributed by atoms with Crippen LogP contribution in [0.5, 0.6) is 5.75 Å². The number of nitrogens with zero attached hydrogens (tertiary/aromatic N) is 3. The highest BCUT2D eigenvalue weighted by Crippen LogP contribution is 2.29. The van der Waals surface area contributed by atoms with E-state index < -0.39 is 11.7 Å². The van der Waals surface area contributed by atoms with E-state index in [-0.39, 0.29) is 17.5 Å². The van der Waals surface area contributed by atoms with Crippen LogP contribution in [0.15, 0.2) is 53.1 Å². The van der Waals surface area contributed by atoms with Crippen molar-refractivity contribution in [2.75, 3.05) is 13.7 Å². The molecule has 3 aromatic rings. The second-order valence-corrected chi connectivity index (χ2v) is 7.32. The van der Waals surface area contributed by atoms with E-state index in [1.165, 1.54) is 12.1 Å². The van der Waals surface area contributed by atoms with E-state index >= 15 is 0 Å². The summed E-state index contributed by atoms with van der Waals surface area (Å²) < 4.78 is 48.9. The van der Waals surface area contributed by atoms with Crippen molar-refractivity contribution in [2.24, 2.45) is 0 Å². The predicted molar refractivity (Wildman–Crippen MR) is 112 cm³/mol. The Balaban J connectivity index is 1.71. The summed E-state index contributed by atoms with van der Waals surface area (Å²) in [5, 5.41) is 3.98. The number of methoxy groups -OCH3 is 1. The Hall–Kier alpha value is -3.36. The van der Waals surface area contributed by atoms with Crippen molar-refractivity contribution in [3.05, 3.63) is 65.5 Å². The lowest BCUT2D eigenvalue weighted by Crippen LogP contribution is -2.39. The molecule has 0 N–H and O–H groups in total. The van der Waals surface area contributed by atoms with Crippen molar-refractivity contribution in [2.45, 2.75) is 38.9 Å². The lowest BCUT2D eigenvalue weighted by atomic mass is 10.1. The second-order valence-electron chi connectivity index (χ2n) is 7.32. The number of rotatable bonds is 8. The zero-order valence-corrected chi connectivity index (χ0v) is 18.0. The third kappa shape index (κ3) is 5.46. The first-order valence-electron chi connectivity index (χ1n) is 10.2. The molecule has 0 saturated carbocycles. The molecule has 0 spiro atoms. The standard InChI is InChI=1S/C23H24F3N3O3/c1-4-15(2)29(22(30)17-5-9-18(10-6-17)23(24,25)26)14-13-20-27-21(28-32-20)16-7-11-19(31-3)12-8-16/h5-12,15H,4,13-14H2,1-3H3/t15-/m0/s1. The topological polar surface area (TPSA) is 68.5 Å². The molecule has 170 valence electrons. The molecular weight excluding hydrogens is 423 g/mol. The average molecular weight is 447 g/mol. The maximum atomic E-state index is 13.0. The van der Waals surface area contributed by atoms with Gasteiger partial charge < -0.3 is 14.2 Å². The van der Waals surface area contributed by atoms with Crippen LogP contribution in [0, 0.1) is 0 Å². The van der Waals surface area contributed by atoms with Crippen LogP contribution in [-0.4, -0.2) is 40.6 Å². The van der Waals surface area contributed by atoms with Gasteiger partial charge in [-0.15, -0.1) is 0 Å². The molecule has 1 atom stereocenters. The Labute approximate surface area is 184 Å². The first kappa shape index (κ1) is 23.3. The van der Waals surface area contributed by atoms with Gasteiger partial charge in [-0.2, -0.15) is 18.2 Å². The fourth-order valence-corrected chi connectivity index (χ4v) is 3.14. The molecule has 2 aromatic carbocycles. The molecule has 1 aromatic heterocycles. The minimum absolute atomic E-state index is 0.117. The zero-order chi connectivity index (χ0) is 23.3. The summed E-state index contributed by atoms with van der Waals surface area (Å²) in [6.45, 7) is 4.11. The number of hydrogen-bond acceptors (Lipinski definition) is 5. The highest BCUT2D eigenvalue weighted by Gasteiger charge is 2.30. The van der Waals surface area contributed by atoms with Gasteiger partial charge in [0.25, 0.3) is 5.91 Å². The number of amides is 1. The number of halogens is 3. The largest absolute Gasteiger partial charge is 0.497 e. The van der Waals surface area contributed by atoms with E-state index in [2.05, 4.69) is 10.1 Å². The average Bonchev–Trinajstić information content (AvgIpc) is 3.27. The van der Waals surface area contributed by atoms with Crippen molar-refractivity contribution >= 4 is 5.91 Å². The van der Waals surface area contributed by atoms with Crippen molar-refractivity contribution in [3.63, 3.8) is 0 Å². The third-order valence-electron chi connectivity index (χ3n) is 5.23. The normalized spacial score (nSPS) is 12.4. The fourth-order valence-electron chi connectivity index (χ4n) is 3.14. The summed E-state index contributed by atoms with van der Waals surface area (Å²) in [6.07, 6.45) is -3.44. The number of aromatic nitrogens is 2. The first-order valence-corrected chi connectivity index (χ1v) is 10.2. The molecule has 0 radical (unpaired) electrons. The second kappa shape index (κ2) is 9.84. The Bertz CT molecular complexity index is 1030. The van der Waals surface area contributed by atoms with E-state index in [1.807, 2.05) is 26.0 Å². The van der Waals surface area contributed by atoms with Crippen molar-refractivity contribution in [1.82, 2.24) is 15.0 Å². The molecule has 0 saturated heterocycles. The van der Waals surface area contributed by atoms with Gasteiger partial charge in [-0.25, -0.2) is 0 Å². The van der Waals surface area contributed by atoms with Gasteiger partial charge >= 0.3 is 6.18 Å². The number of alkyl halides is 3. The van der Waals surface area contributed by atoms with Gasteiger partial charge in [-0.1, -0.05) is 12.1 Å². The molecule has 0 aliphatic rings. The van der Waals surface area contributed by atoms with Crippen LogP contribution in [0.3, 0.4) is 0 Å². The lowest BCUT2D eigenvalue weighted by Gasteiger charge is -2.28. The molecule has 0 aliphatic carbocycles. The van der Waals surface area contributed by atoms with Crippen molar-refractivity contribution in [1.29, 1.82) is 0 Å². The quantitative estimate of drug-likeness (QED) is 0.472. The van der Waals surface area contributed by atoms with Crippen LogP contribution in [0.1, 0.15) is 42.1 Å². The Morgan fingerprint density at radius 3 is 2.34 bits per heavy atom. The van der Waals surface area contributed by atoms with Crippen LogP contribution in [0.2, 0.25) is 0 Å². The van der Waals surface area contributed by atoms with Crippen LogP contribution < -0.4 is 4.74 Å². The van der Waals surface area contributed by atoms with Gasteiger partial charge in [-0.3, -0.25) is 4.79 Å². The summed E-state index contributed by atoms with van der Waals surface area (Å²) in [7, 11) is 1.58. The first-order chi connectivity index (χ1) is 15.2. The van der Waals surface area contributed by atoms with Crippen LogP contribution in [-0.2, 0) is 12.6 Å². The predicted octanol–water partition coefficient (Wildman–Crippen LogP) is 5.25. The summed E-state index contributed by atoms with van der Waals surface area (Å²) in [5.74, 6) is 1.16. The van der Waals surface area contributed by atoms with Crippen LogP contribution in [0.4, 0.5) is 13.2 Å². The third-order valence-corrected chi connectivity index (χ3v) is 5.23. The minimum Gasteiger partial charge on any atom is -0.497 e. The molecule has 3 rings (SSSR count). The summed E-state index contributed by atoms with van der Waals surface area (Å²) in [4.78, 5) is 19.0. The van der Waals surface area contributed by atoms with E-state index in [1.54, 1.807) is 24.1 Å². The molecule has 0 aliphatic heterocycles. The Morgan fingerprint density at radius 1 is 1.12 bits per heavy atom. The number of carbonyl (C=O) groups is 1. The molecular formula is C23H24F3N3O3. The van der Waals surface area contributed by atoms with Gasteiger partial charge in [0.1, 0.15) is 5.75 Å². The van der Waals surface area contributed by atoms with Gasteiger partial charge in [0.15, 0.2) is 0 Å². The highest BCUT2D eigenvalue weighted by atomic mass is 19.4. The number of hydrogen-bond donors (Lipinski definition) is 0. The van der Waals surface area contributed by atoms with Gasteiger partial charge in [0, 0.05) is 30.1 Å². The Morgan fingerprint density at radius 2 is 1.78 bits per heavy atom. The van der Waals surface area contributed by atoms with E-state index in [4.69, 9.17) is 9.26 Å². The molecule has 0 unspecified atom stereocenters. The van der Waals surface area contributed by atoms with Gasteiger partial charge in [0.05, 0.1) is 12.7 Å². The fraction of sp³-hybridized carbons (Fsp3) is 0.348. The molecule has 1 heterocycles. The maximum absolute atomic E-state index is 13.0. The van der Waals surface area contributed by atoms with Crippen LogP contribution >= 0.6 is 0 Å². The van der Waals surface area contributed by atoms with Crippen molar-refractivity contribution < 1.29 is 27.2 Å². The monoisotopic (exact) mass is 447 g/mol. The molecule has 0 fully saturated rings. The van der Waals surface area contributed by atoms with Gasteiger partial charge in [-0.05, 0) is 61.9 Å². The Kier molecular flexibility index (Phi) is 7.17. The lowest BCUT2D eigenvalue weighted by molar-refractivity contribution is -0.137. The summed E-state index contributed by atoms with van der Waals surface area (Å²) >= 11 is 0. The van der Waals surface area contributed by atoms with E-state index in [9.17, 15) is 18.0 Å². The minimum atomic E-state index is -4.45. The molecule has 32 heavy (non-hydrogen) atoms.